The average molecular weight is 299 g/mol. The highest BCUT2D eigenvalue weighted by molar-refractivity contribution is 5.33. The lowest BCUT2D eigenvalue weighted by molar-refractivity contribution is 0.119. The smallest absolute Gasteiger partial charge is 0.164 e. The Bertz CT molecular complexity index is 605. The van der Waals surface area contributed by atoms with Crippen molar-refractivity contribution < 1.29 is 0 Å². The number of aromatic amines is 1. The molecule has 2 heterocycles. The van der Waals surface area contributed by atoms with Crippen molar-refractivity contribution in [1.82, 2.24) is 25.0 Å². The predicted octanol–water partition coefficient (Wildman–Crippen LogP) is 2.05. The zero-order valence-electron chi connectivity index (χ0n) is 13.8. The molecule has 118 valence electrons. The van der Waals surface area contributed by atoms with Crippen LogP contribution in [0.4, 0.5) is 0 Å². The van der Waals surface area contributed by atoms with Crippen molar-refractivity contribution in [3.8, 4) is 0 Å². The molecular formula is C17H25N5. The second-order valence-electron chi connectivity index (χ2n) is 6.26. The van der Waals surface area contributed by atoms with Crippen molar-refractivity contribution in [2.75, 3.05) is 26.2 Å². The maximum atomic E-state index is 4.39. The van der Waals surface area contributed by atoms with E-state index >= 15 is 0 Å². The molecule has 1 aliphatic heterocycles. The summed E-state index contributed by atoms with van der Waals surface area (Å²) in [5, 5.41) is 7.14. The van der Waals surface area contributed by atoms with Gasteiger partial charge in [-0.2, -0.15) is 5.10 Å². The molecule has 22 heavy (non-hydrogen) atoms. The Balaban J connectivity index is 1.53. The minimum absolute atomic E-state index is 0.849. The quantitative estimate of drug-likeness (QED) is 0.938. The van der Waals surface area contributed by atoms with Gasteiger partial charge in [0.1, 0.15) is 5.82 Å². The molecule has 5 nitrogen and oxygen atoms in total. The minimum atomic E-state index is 0.849. The fourth-order valence-corrected chi connectivity index (χ4v) is 3.09. The Hall–Kier alpha value is -1.72. The lowest BCUT2D eigenvalue weighted by Crippen LogP contribution is -2.45. The summed E-state index contributed by atoms with van der Waals surface area (Å²) in [5.41, 5.74) is 4.29. The molecule has 0 amide bonds. The van der Waals surface area contributed by atoms with Crippen LogP contribution in [0.2, 0.25) is 0 Å². The highest BCUT2D eigenvalue weighted by Crippen LogP contribution is 2.17. The summed E-state index contributed by atoms with van der Waals surface area (Å²) >= 11 is 0. The second-order valence-corrected chi connectivity index (χ2v) is 6.26. The van der Waals surface area contributed by atoms with Crippen LogP contribution in [0.15, 0.2) is 18.2 Å². The van der Waals surface area contributed by atoms with E-state index < -0.39 is 0 Å². The number of piperazine rings is 1. The zero-order valence-corrected chi connectivity index (χ0v) is 13.8. The van der Waals surface area contributed by atoms with E-state index in [-0.39, 0.29) is 0 Å². The van der Waals surface area contributed by atoms with Gasteiger partial charge >= 0.3 is 0 Å². The van der Waals surface area contributed by atoms with Crippen molar-refractivity contribution in [3.63, 3.8) is 0 Å². The van der Waals surface area contributed by atoms with E-state index in [0.717, 1.165) is 50.9 Å². The van der Waals surface area contributed by atoms with Crippen LogP contribution in [0.25, 0.3) is 0 Å². The van der Waals surface area contributed by atoms with Crippen LogP contribution in [-0.2, 0) is 13.1 Å². The molecule has 1 saturated heterocycles. The molecule has 0 spiro atoms. The summed E-state index contributed by atoms with van der Waals surface area (Å²) in [5.74, 6) is 1.80. The van der Waals surface area contributed by atoms with Gasteiger partial charge < -0.3 is 0 Å². The van der Waals surface area contributed by atoms with Crippen LogP contribution in [0, 0.1) is 20.8 Å². The van der Waals surface area contributed by atoms with Crippen molar-refractivity contribution in [2.45, 2.75) is 33.9 Å². The summed E-state index contributed by atoms with van der Waals surface area (Å²) in [6.07, 6.45) is 0. The summed E-state index contributed by atoms with van der Waals surface area (Å²) in [4.78, 5) is 9.38. The zero-order chi connectivity index (χ0) is 15.5. The summed E-state index contributed by atoms with van der Waals surface area (Å²) in [7, 11) is 0. The van der Waals surface area contributed by atoms with E-state index in [1.165, 1.54) is 16.7 Å². The van der Waals surface area contributed by atoms with Gasteiger partial charge in [-0.05, 0) is 37.5 Å². The van der Waals surface area contributed by atoms with Gasteiger partial charge in [0, 0.05) is 32.7 Å². The van der Waals surface area contributed by atoms with Gasteiger partial charge in [0.25, 0.3) is 0 Å². The molecule has 2 aromatic rings. The van der Waals surface area contributed by atoms with Gasteiger partial charge in [0.15, 0.2) is 5.82 Å². The van der Waals surface area contributed by atoms with Crippen LogP contribution < -0.4 is 0 Å². The first kappa shape index (κ1) is 15.2. The molecule has 1 aromatic carbocycles. The van der Waals surface area contributed by atoms with Gasteiger partial charge in [0.2, 0.25) is 0 Å². The molecule has 0 aliphatic carbocycles. The highest BCUT2D eigenvalue weighted by atomic mass is 15.3. The number of rotatable bonds is 4. The molecule has 0 radical (unpaired) electrons. The molecule has 1 aromatic heterocycles. The first-order chi connectivity index (χ1) is 10.6. The third kappa shape index (κ3) is 3.54. The summed E-state index contributed by atoms with van der Waals surface area (Å²) < 4.78 is 0. The normalized spacial score (nSPS) is 17.0. The maximum Gasteiger partial charge on any atom is 0.164 e. The van der Waals surface area contributed by atoms with Crippen molar-refractivity contribution in [1.29, 1.82) is 0 Å². The molecule has 1 fully saturated rings. The number of benzene rings is 1. The molecule has 0 atom stereocenters. The van der Waals surface area contributed by atoms with Gasteiger partial charge in [-0.3, -0.25) is 14.9 Å². The lowest BCUT2D eigenvalue weighted by Gasteiger charge is -2.34. The summed E-state index contributed by atoms with van der Waals surface area (Å²) in [6, 6.07) is 6.57. The van der Waals surface area contributed by atoms with Crippen LogP contribution in [0.5, 0.6) is 0 Å². The molecule has 0 bridgehead atoms. The Morgan fingerprint density at radius 3 is 2.09 bits per heavy atom. The SMILES string of the molecule is Cc1nc(CN2CCN(Cc3c(C)cccc3C)CC2)n[nH]1. The molecule has 0 saturated carbocycles. The topological polar surface area (TPSA) is 48.1 Å². The van der Waals surface area contributed by atoms with Crippen LogP contribution in [0.3, 0.4) is 0 Å². The monoisotopic (exact) mass is 299 g/mol. The fraction of sp³-hybridized carbons (Fsp3) is 0.529. The van der Waals surface area contributed by atoms with E-state index in [4.69, 9.17) is 0 Å². The first-order valence-corrected chi connectivity index (χ1v) is 7.99. The number of aromatic nitrogens is 3. The second kappa shape index (κ2) is 6.58. The predicted molar refractivity (Wildman–Crippen MR) is 87.6 cm³/mol. The van der Waals surface area contributed by atoms with Crippen LogP contribution in [0.1, 0.15) is 28.3 Å². The number of nitrogens with zero attached hydrogens (tertiary/aromatic N) is 4. The number of hydrogen-bond donors (Lipinski definition) is 1. The van der Waals surface area contributed by atoms with E-state index in [1.54, 1.807) is 0 Å². The minimum Gasteiger partial charge on any atom is -0.297 e. The Morgan fingerprint density at radius 1 is 0.955 bits per heavy atom. The number of aryl methyl sites for hydroxylation is 3. The number of H-pyrrole nitrogens is 1. The highest BCUT2D eigenvalue weighted by Gasteiger charge is 2.19. The third-order valence-corrected chi connectivity index (χ3v) is 4.50. The van der Waals surface area contributed by atoms with E-state index in [2.05, 4.69) is 57.0 Å². The maximum absolute atomic E-state index is 4.39. The van der Waals surface area contributed by atoms with Gasteiger partial charge in [-0.15, -0.1) is 0 Å². The summed E-state index contributed by atoms with van der Waals surface area (Å²) in [6.45, 7) is 12.7. The number of nitrogens with one attached hydrogen (secondary N) is 1. The molecule has 1 N–H and O–H groups in total. The average Bonchev–Trinajstić information content (AvgIpc) is 2.90. The standard InChI is InChI=1S/C17H25N5/c1-13-5-4-6-14(2)16(13)11-21-7-9-22(10-8-21)12-17-18-15(3)19-20-17/h4-6H,7-12H2,1-3H3,(H,18,19,20). The van der Waals surface area contributed by atoms with Gasteiger partial charge in [0.05, 0.1) is 6.54 Å². The van der Waals surface area contributed by atoms with Crippen molar-refractivity contribution in [3.05, 3.63) is 46.5 Å². The molecular weight excluding hydrogens is 274 g/mol. The lowest BCUT2D eigenvalue weighted by atomic mass is 10.0. The van der Waals surface area contributed by atoms with Crippen LogP contribution in [-0.4, -0.2) is 51.2 Å². The van der Waals surface area contributed by atoms with E-state index in [0.29, 0.717) is 0 Å². The Kier molecular flexibility index (Phi) is 4.55. The molecule has 5 heteroatoms. The molecule has 0 unspecified atom stereocenters. The Morgan fingerprint density at radius 2 is 1.55 bits per heavy atom. The largest absolute Gasteiger partial charge is 0.297 e. The van der Waals surface area contributed by atoms with Crippen LogP contribution >= 0.6 is 0 Å². The fourth-order valence-electron chi connectivity index (χ4n) is 3.09. The van der Waals surface area contributed by atoms with Crippen molar-refractivity contribution in [2.24, 2.45) is 0 Å². The Labute approximate surface area is 132 Å². The van der Waals surface area contributed by atoms with Gasteiger partial charge in [-0.25, -0.2) is 4.98 Å². The third-order valence-electron chi connectivity index (χ3n) is 4.50. The van der Waals surface area contributed by atoms with E-state index in [9.17, 15) is 0 Å². The van der Waals surface area contributed by atoms with Crippen molar-refractivity contribution >= 4 is 0 Å². The number of hydrogen-bond acceptors (Lipinski definition) is 4. The molecule has 3 rings (SSSR count). The van der Waals surface area contributed by atoms with E-state index in [1.807, 2.05) is 6.92 Å². The molecule has 1 aliphatic rings. The van der Waals surface area contributed by atoms with Gasteiger partial charge in [-0.1, -0.05) is 18.2 Å². The first-order valence-electron chi connectivity index (χ1n) is 7.99.